The Hall–Kier alpha value is -0.850. The average molecular weight is 417 g/mol. The maximum Gasteiger partial charge on any atom is 0.161 e. The summed E-state index contributed by atoms with van der Waals surface area (Å²) in [5, 5.41) is 7.93. The van der Waals surface area contributed by atoms with Gasteiger partial charge in [0.1, 0.15) is 5.69 Å². The predicted molar refractivity (Wildman–Crippen MR) is 91.8 cm³/mol. The fraction of sp³-hybridized carbons (Fsp3) is 0.400. The summed E-state index contributed by atoms with van der Waals surface area (Å²) >= 11 is 7.15. The first kappa shape index (κ1) is 16.5. The van der Waals surface area contributed by atoms with Gasteiger partial charge in [0.2, 0.25) is 0 Å². The van der Waals surface area contributed by atoms with E-state index in [1.54, 1.807) is 13.3 Å². The van der Waals surface area contributed by atoms with E-state index in [0.29, 0.717) is 0 Å². The second kappa shape index (κ2) is 7.42. The minimum Gasteiger partial charge on any atom is -0.493 e. The molecule has 0 aliphatic rings. The van der Waals surface area contributed by atoms with Gasteiger partial charge < -0.3 is 10.1 Å². The number of hydrogen-bond donors (Lipinski definition) is 1. The standard InChI is InChI=1S/C15H19Br2N3O/c1-4-18-14(11-7-6-10(16)8-12(11)17)15-13(21-3)9-19-20(15)5-2/h6-9,14,18H,4-5H2,1-3H3. The van der Waals surface area contributed by atoms with Crippen LogP contribution in [-0.4, -0.2) is 23.4 Å². The zero-order valence-corrected chi connectivity index (χ0v) is 15.5. The summed E-state index contributed by atoms with van der Waals surface area (Å²) in [6.07, 6.45) is 1.77. The summed E-state index contributed by atoms with van der Waals surface area (Å²) in [6, 6.07) is 6.23. The Balaban J connectivity index is 2.55. The number of hydrogen-bond acceptors (Lipinski definition) is 3. The van der Waals surface area contributed by atoms with Crippen LogP contribution in [0.25, 0.3) is 0 Å². The molecular weight excluding hydrogens is 398 g/mol. The Morgan fingerprint density at radius 1 is 1.33 bits per heavy atom. The van der Waals surface area contributed by atoms with Gasteiger partial charge in [0.15, 0.2) is 5.75 Å². The van der Waals surface area contributed by atoms with Gasteiger partial charge in [0.25, 0.3) is 0 Å². The van der Waals surface area contributed by atoms with E-state index in [1.807, 2.05) is 10.7 Å². The van der Waals surface area contributed by atoms with E-state index in [0.717, 1.165) is 39.0 Å². The second-order valence-corrected chi connectivity index (χ2v) is 6.34. The molecule has 0 saturated heterocycles. The molecule has 0 amide bonds. The normalized spacial score (nSPS) is 12.4. The highest BCUT2D eigenvalue weighted by atomic mass is 79.9. The molecule has 0 fully saturated rings. The number of halogens is 2. The lowest BCUT2D eigenvalue weighted by atomic mass is 10.0. The van der Waals surface area contributed by atoms with Crippen molar-refractivity contribution in [2.24, 2.45) is 0 Å². The van der Waals surface area contributed by atoms with Gasteiger partial charge in [-0.05, 0) is 31.2 Å². The maximum absolute atomic E-state index is 5.49. The lowest BCUT2D eigenvalue weighted by molar-refractivity contribution is 0.399. The molecule has 0 radical (unpaired) electrons. The molecule has 0 spiro atoms. The van der Waals surface area contributed by atoms with Gasteiger partial charge in [0, 0.05) is 15.5 Å². The van der Waals surface area contributed by atoms with Gasteiger partial charge in [0.05, 0.1) is 19.3 Å². The minimum absolute atomic E-state index is 0.0230. The topological polar surface area (TPSA) is 39.1 Å². The molecule has 6 heteroatoms. The van der Waals surface area contributed by atoms with Crippen molar-refractivity contribution >= 4 is 31.9 Å². The molecule has 1 heterocycles. The van der Waals surface area contributed by atoms with Crippen molar-refractivity contribution in [2.45, 2.75) is 26.4 Å². The van der Waals surface area contributed by atoms with E-state index in [1.165, 1.54) is 0 Å². The third kappa shape index (κ3) is 3.49. The molecule has 1 N–H and O–H groups in total. The number of aromatic nitrogens is 2. The predicted octanol–water partition coefficient (Wildman–Crippen LogP) is 4.14. The first-order valence-electron chi connectivity index (χ1n) is 6.90. The molecule has 1 unspecified atom stereocenters. The Labute approximate surface area is 142 Å². The fourth-order valence-electron chi connectivity index (χ4n) is 2.37. The van der Waals surface area contributed by atoms with Gasteiger partial charge in [-0.2, -0.15) is 5.10 Å². The molecule has 1 aromatic carbocycles. The molecule has 4 nitrogen and oxygen atoms in total. The Kier molecular flexibility index (Phi) is 5.84. The van der Waals surface area contributed by atoms with Gasteiger partial charge in [-0.25, -0.2) is 0 Å². The summed E-state index contributed by atoms with van der Waals surface area (Å²) in [7, 11) is 1.68. The third-order valence-electron chi connectivity index (χ3n) is 3.32. The lowest BCUT2D eigenvalue weighted by Gasteiger charge is -2.22. The van der Waals surface area contributed by atoms with Gasteiger partial charge >= 0.3 is 0 Å². The van der Waals surface area contributed by atoms with Crippen molar-refractivity contribution in [1.29, 1.82) is 0 Å². The van der Waals surface area contributed by atoms with Crippen LogP contribution in [0.1, 0.15) is 31.1 Å². The Morgan fingerprint density at radius 2 is 2.10 bits per heavy atom. The number of benzene rings is 1. The number of aryl methyl sites for hydroxylation is 1. The van der Waals surface area contributed by atoms with E-state index in [2.05, 4.69) is 68.3 Å². The molecule has 1 aromatic heterocycles. The molecule has 21 heavy (non-hydrogen) atoms. The van der Waals surface area contributed by atoms with Crippen molar-refractivity contribution in [3.63, 3.8) is 0 Å². The zero-order valence-electron chi connectivity index (χ0n) is 12.4. The van der Waals surface area contributed by atoms with Crippen LogP contribution in [0, 0.1) is 0 Å². The number of ether oxygens (including phenoxy) is 1. The van der Waals surface area contributed by atoms with Crippen LogP contribution in [0.2, 0.25) is 0 Å². The molecule has 2 aromatic rings. The Morgan fingerprint density at radius 3 is 2.67 bits per heavy atom. The molecule has 1 atom stereocenters. The SMILES string of the molecule is CCNC(c1ccc(Br)cc1Br)c1c(OC)cnn1CC. The van der Waals surface area contributed by atoms with Gasteiger partial charge in [-0.1, -0.05) is 44.8 Å². The monoisotopic (exact) mass is 415 g/mol. The van der Waals surface area contributed by atoms with E-state index in [-0.39, 0.29) is 6.04 Å². The highest BCUT2D eigenvalue weighted by molar-refractivity contribution is 9.11. The van der Waals surface area contributed by atoms with Crippen LogP contribution in [0.3, 0.4) is 0 Å². The van der Waals surface area contributed by atoms with Gasteiger partial charge in [-0.3, -0.25) is 4.68 Å². The van der Waals surface area contributed by atoms with E-state index < -0.39 is 0 Å². The van der Waals surface area contributed by atoms with Gasteiger partial charge in [-0.15, -0.1) is 0 Å². The largest absolute Gasteiger partial charge is 0.493 e. The van der Waals surface area contributed by atoms with Crippen molar-refractivity contribution in [1.82, 2.24) is 15.1 Å². The summed E-state index contributed by atoms with van der Waals surface area (Å²) in [6.45, 7) is 5.83. The van der Waals surface area contributed by atoms with Crippen molar-refractivity contribution in [3.05, 3.63) is 44.6 Å². The summed E-state index contributed by atoms with van der Waals surface area (Å²) < 4.78 is 9.56. The highest BCUT2D eigenvalue weighted by Crippen LogP contribution is 2.35. The van der Waals surface area contributed by atoms with Crippen LogP contribution in [0.4, 0.5) is 0 Å². The number of nitrogens with one attached hydrogen (secondary N) is 1. The van der Waals surface area contributed by atoms with Crippen LogP contribution in [0.15, 0.2) is 33.3 Å². The van der Waals surface area contributed by atoms with Crippen molar-refractivity contribution in [3.8, 4) is 5.75 Å². The van der Waals surface area contributed by atoms with Crippen LogP contribution in [0.5, 0.6) is 5.75 Å². The lowest BCUT2D eigenvalue weighted by Crippen LogP contribution is -2.25. The third-order valence-corrected chi connectivity index (χ3v) is 4.50. The average Bonchev–Trinajstić information content (AvgIpc) is 2.88. The van der Waals surface area contributed by atoms with Crippen LogP contribution >= 0.6 is 31.9 Å². The van der Waals surface area contributed by atoms with E-state index in [9.17, 15) is 0 Å². The van der Waals surface area contributed by atoms with E-state index in [4.69, 9.17) is 4.74 Å². The molecule has 0 saturated carbocycles. The smallest absolute Gasteiger partial charge is 0.161 e. The zero-order chi connectivity index (χ0) is 15.4. The maximum atomic E-state index is 5.49. The van der Waals surface area contributed by atoms with Crippen LogP contribution in [-0.2, 0) is 6.54 Å². The number of nitrogens with zero attached hydrogens (tertiary/aromatic N) is 2. The molecular formula is C15H19Br2N3O. The summed E-state index contributed by atoms with van der Waals surface area (Å²) in [5.41, 5.74) is 2.21. The molecule has 114 valence electrons. The molecule has 0 aliphatic carbocycles. The fourth-order valence-corrected chi connectivity index (χ4v) is 3.65. The number of rotatable bonds is 6. The molecule has 0 bridgehead atoms. The molecule has 2 rings (SSSR count). The molecule has 0 aliphatic heterocycles. The Bertz CT molecular complexity index is 591. The summed E-state index contributed by atoms with van der Waals surface area (Å²) in [5.74, 6) is 0.803. The first-order chi connectivity index (χ1) is 10.1. The van der Waals surface area contributed by atoms with Crippen molar-refractivity contribution < 1.29 is 4.74 Å². The van der Waals surface area contributed by atoms with Crippen molar-refractivity contribution in [2.75, 3.05) is 13.7 Å². The second-order valence-electron chi connectivity index (χ2n) is 4.57. The summed E-state index contributed by atoms with van der Waals surface area (Å²) in [4.78, 5) is 0. The number of methoxy groups -OCH3 is 1. The highest BCUT2D eigenvalue weighted by Gasteiger charge is 2.24. The van der Waals surface area contributed by atoms with E-state index >= 15 is 0 Å². The first-order valence-corrected chi connectivity index (χ1v) is 8.48. The quantitative estimate of drug-likeness (QED) is 0.769. The minimum atomic E-state index is 0.0230. The van der Waals surface area contributed by atoms with Crippen LogP contribution < -0.4 is 10.1 Å².